The van der Waals surface area contributed by atoms with Crippen LogP contribution in [-0.2, 0) is 0 Å². The Labute approximate surface area is 97.7 Å². The Morgan fingerprint density at radius 1 is 1.47 bits per heavy atom. The second kappa shape index (κ2) is 7.12. The highest BCUT2D eigenvalue weighted by atomic mass is 32.2. The zero-order chi connectivity index (χ0) is 11.1. The van der Waals surface area contributed by atoms with E-state index in [1.54, 1.807) is 4.90 Å². The Hall–Kier alpha value is -0.220. The second-order valence-electron chi connectivity index (χ2n) is 4.06. The van der Waals surface area contributed by atoms with Crippen molar-refractivity contribution in [2.24, 2.45) is 4.99 Å². The molecule has 1 aliphatic heterocycles. The third kappa shape index (κ3) is 4.89. The Balaban J connectivity index is 2.02. The standard InChI is InChI=1S/C11H23N3S/c1-4-14(5-2)8-6-7-12-11-13-9-10(3)15-11/h10H,4-9H2,1-3H3,(H,12,13)/p+1/t10-/m0/s1. The summed E-state index contributed by atoms with van der Waals surface area (Å²) >= 11 is 1.87. The summed E-state index contributed by atoms with van der Waals surface area (Å²) in [5.74, 6) is 0. The molecule has 0 aromatic rings. The van der Waals surface area contributed by atoms with Gasteiger partial charge in [0.15, 0.2) is 5.17 Å². The molecule has 0 aliphatic carbocycles. The van der Waals surface area contributed by atoms with Gasteiger partial charge in [-0.25, -0.2) is 0 Å². The van der Waals surface area contributed by atoms with E-state index in [-0.39, 0.29) is 0 Å². The molecule has 0 saturated carbocycles. The van der Waals surface area contributed by atoms with Gasteiger partial charge in [-0.1, -0.05) is 18.7 Å². The number of quaternary nitrogens is 1. The van der Waals surface area contributed by atoms with E-state index in [2.05, 4.69) is 31.1 Å². The van der Waals surface area contributed by atoms with E-state index in [9.17, 15) is 0 Å². The van der Waals surface area contributed by atoms with Crippen LogP contribution in [0, 0.1) is 0 Å². The van der Waals surface area contributed by atoms with E-state index >= 15 is 0 Å². The van der Waals surface area contributed by atoms with Crippen molar-refractivity contribution in [3.05, 3.63) is 0 Å². The van der Waals surface area contributed by atoms with Crippen LogP contribution < -0.4 is 10.2 Å². The van der Waals surface area contributed by atoms with Gasteiger partial charge in [0.05, 0.1) is 26.2 Å². The molecule has 0 saturated heterocycles. The molecule has 1 aliphatic rings. The lowest BCUT2D eigenvalue weighted by molar-refractivity contribution is -0.896. The van der Waals surface area contributed by atoms with Crippen LogP contribution in [0.5, 0.6) is 0 Å². The SMILES string of the molecule is CC[NH+](CC)CCCNC1=NC[C@H](C)S1. The normalized spacial score (nSPS) is 20.8. The average molecular weight is 230 g/mol. The summed E-state index contributed by atoms with van der Waals surface area (Å²) in [6.07, 6.45) is 1.24. The van der Waals surface area contributed by atoms with Gasteiger partial charge in [-0.2, -0.15) is 0 Å². The lowest BCUT2D eigenvalue weighted by atomic mass is 10.3. The fourth-order valence-electron chi connectivity index (χ4n) is 1.71. The molecule has 0 unspecified atom stereocenters. The molecule has 88 valence electrons. The lowest BCUT2D eigenvalue weighted by Gasteiger charge is -2.15. The molecule has 2 N–H and O–H groups in total. The zero-order valence-corrected chi connectivity index (χ0v) is 11.0. The summed E-state index contributed by atoms with van der Waals surface area (Å²) in [6.45, 7) is 12.5. The Morgan fingerprint density at radius 2 is 2.20 bits per heavy atom. The molecule has 3 nitrogen and oxygen atoms in total. The summed E-state index contributed by atoms with van der Waals surface area (Å²) in [4.78, 5) is 6.12. The van der Waals surface area contributed by atoms with Crippen LogP contribution in [0.4, 0.5) is 0 Å². The van der Waals surface area contributed by atoms with E-state index < -0.39 is 0 Å². The van der Waals surface area contributed by atoms with Crippen LogP contribution in [0.3, 0.4) is 0 Å². The maximum Gasteiger partial charge on any atom is 0.156 e. The van der Waals surface area contributed by atoms with Gasteiger partial charge in [0.2, 0.25) is 0 Å². The van der Waals surface area contributed by atoms with Crippen LogP contribution in [0.1, 0.15) is 27.2 Å². The smallest absolute Gasteiger partial charge is 0.156 e. The van der Waals surface area contributed by atoms with Gasteiger partial charge in [-0.3, -0.25) is 4.99 Å². The largest absolute Gasteiger partial charge is 0.365 e. The predicted octanol–water partition coefficient (Wildman–Crippen LogP) is 0.382. The number of thioether (sulfide) groups is 1. The Bertz CT molecular complexity index is 202. The molecular weight excluding hydrogens is 206 g/mol. The number of rotatable bonds is 6. The van der Waals surface area contributed by atoms with Gasteiger partial charge in [-0.05, 0) is 13.8 Å². The van der Waals surface area contributed by atoms with Crippen LogP contribution in [0.25, 0.3) is 0 Å². The van der Waals surface area contributed by atoms with E-state index in [0.717, 1.165) is 18.3 Å². The first-order chi connectivity index (χ1) is 7.26. The molecule has 0 amide bonds. The Morgan fingerprint density at radius 3 is 2.73 bits per heavy atom. The van der Waals surface area contributed by atoms with Crippen LogP contribution in [0.2, 0.25) is 0 Å². The molecular formula is C11H24N3S+. The topological polar surface area (TPSA) is 28.8 Å². The predicted molar refractivity (Wildman–Crippen MR) is 68.9 cm³/mol. The number of nitrogens with zero attached hydrogens (tertiary/aromatic N) is 1. The van der Waals surface area contributed by atoms with Gasteiger partial charge in [0.1, 0.15) is 0 Å². The van der Waals surface area contributed by atoms with E-state index in [1.807, 2.05) is 11.8 Å². The minimum atomic E-state index is 0.668. The van der Waals surface area contributed by atoms with Crippen LogP contribution >= 0.6 is 11.8 Å². The molecule has 0 bridgehead atoms. The molecule has 1 atom stereocenters. The van der Waals surface area contributed by atoms with Crippen molar-refractivity contribution in [3.8, 4) is 0 Å². The van der Waals surface area contributed by atoms with Crippen molar-refractivity contribution in [1.29, 1.82) is 0 Å². The van der Waals surface area contributed by atoms with Gasteiger partial charge in [-0.15, -0.1) is 0 Å². The number of hydrogen-bond donors (Lipinski definition) is 2. The van der Waals surface area contributed by atoms with Crippen molar-refractivity contribution in [2.45, 2.75) is 32.4 Å². The minimum Gasteiger partial charge on any atom is -0.365 e. The van der Waals surface area contributed by atoms with Crippen molar-refractivity contribution < 1.29 is 4.90 Å². The third-order valence-electron chi connectivity index (χ3n) is 2.79. The van der Waals surface area contributed by atoms with E-state index in [0.29, 0.717) is 5.25 Å². The first-order valence-electron chi connectivity index (χ1n) is 6.04. The number of amidine groups is 1. The summed E-state index contributed by atoms with van der Waals surface area (Å²) in [7, 11) is 0. The molecule has 0 aromatic carbocycles. The molecule has 0 spiro atoms. The van der Waals surface area contributed by atoms with Crippen molar-refractivity contribution in [2.75, 3.05) is 32.7 Å². The van der Waals surface area contributed by atoms with Crippen LogP contribution in [0.15, 0.2) is 4.99 Å². The van der Waals surface area contributed by atoms with Crippen molar-refractivity contribution >= 4 is 16.9 Å². The molecule has 0 aromatic heterocycles. The average Bonchev–Trinajstić information content (AvgIpc) is 2.65. The molecule has 0 fully saturated rings. The summed E-state index contributed by atoms with van der Waals surface area (Å²) < 4.78 is 0. The first-order valence-corrected chi connectivity index (χ1v) is 6.92. The summed E-state index contributed by atoms with van der Waals surface area (Å²) in [5, 5.41) is 5.23. The van der Waals surface area contributed by atoms with Crippen molar-refractivity contribution in [1.82, 2.24) is 5.32 Å². The number of nitrogens with one attached hydrogen (secondary N) is 2. The maximum atomic E-state index is 4.44. The number of hydrogen-bond acceptors (Lipinski definition) is 3. The van der Waals surface area contributed by atoms with Crippen LogP contribution in [-0.4, -0.2) is 43.1 Å². The van der Waals surface area contributed by atoms with Gasteiger partial charge in [0, 0.05) is 18.2 Å². The van der Waals surface area contributed by atoms with Gasteiger partial charge in [0.25, 0.3) is 0 Å². The highest BCUT2D eigenvalue weighted by Crippen LogP contribution is 2.17. The fraction of sp³-hybridized carbons (Fsp3) is 0.909. The monoisotopic (exact) mass is 230 g/mol. The van der Waals surface area contributed by atoms with E-state index in [1.165, 1.54) is 26.1 Å². The maximum absolute atomic E-state index is 4.44. The molecule has 4 heteroatoms. The zero-order valence-electron chi connectivity index (χ0n) is 10.2. The Kier molecular flexibility index (Phi) is 6.10. The summed E-state index contributed by atoms with van der Waals surface area (Å²) in [5.41, 5.74) is 0. The van der Waals surface area contributed by atoms with Gasteiger partial charge < -0.3 is 10.2 Å². The molecule has 1 heterocycles. The lowest BCUT2D eigenvalue weighted by Crippen LogP contribution is -3.11. The van der Waals surface area contributed by atoms with Gasteiger partial charge >= 0.3 is 0 Å². The summed E-state index contributed by atoms with van der Waals surface area (Å²) in [6, 6.07) is 0. The quantitative estimate of drug-likeness (QED) is 0.646. The second-order valence-corrected chi connectivity index (χ2v) is 5.49. The highest BCUT2D eigenvalue weighted by molar-refractivity contribution is 8.14. The minimum absolute atomic E-state index is 0.668. The molecule has 1 rings (SSSR count). The fourth-order valence-corrected chi connectivity index (χ4v) is 2.58. The first kappa shape index (κ1) is 12.8. The molecule has 15 heavy (non-hydrogen) atoms. The highest BCUT2D eigenvalue weighted by Gasteiger charge is 2.13. The van der Waals surface area contributed by atoms with E-state index in [4.69, 9.17) is 0 Å². The third-order valence-corrected chi connectivity index (χ3v) is 3.84. The molecule has 0 radical (unpaired) electrons. The van der Waals surface area contributed by atoms with Crippen molar-refractivity contribution in [3.63, 3.8) is 0 Å². The number of aliphatic imine (C=N–C) groups is 1.